The highest BCUT2D eigenvalue weighted by atomic mass is 32.1. The first-order chi connectivity index (χ1) is 18.7. The molecule has 0 aromatic carbocycles. The zero-order chi connectivity index (χ0) is 30.5. The van der Waals surface area contributed by atoms with E-state index in [9.17, 15) is 9.59 Å². The van der Waals surface area contributed by atoms with Gasteiger partial charge < -0.3 is 10.6 Å². The van der Waals surface area contributed by atoms with Crippen LogP contribution in [0.3, 0.4) is 0 Å². The number of amidine groups is 1. The van der Waals surface area contributed by atoms with E-state index in [1.807, 2.05) is 36.3 Å². The minimum Gasteiger partial charge on any atom is -0.384 e. The van der Waals surface area contributed by atoms with Gasteiger partial charge in [0.25, 0.3) is 5.91 Å². The second kappa shape index (κ2) is 17.0. The molecule has 6 heteroatoms. The first-order valence-electron chi connectivity index (χ1n) is 14.3. The van der Waals surface area contributed by atoms with E-state index < -0.39 is 0 Å². The van der Waals surface area contributed by atoms with Gasteiger partial charge in [-0.1, -0.05) is 95.6 Å². The summed E-state index contributed by atoms with van der Waals surface area (Å²) in [5.74, 6) is 0.634. The zero-order valence-electron chi connectivity index (χ0n) is 26.4. The molecule has 0 saturated carbocycles. The molecule has 0 spiro atoms. The summed E-state index contributed by atoms with van der Waals surface area (Å²) in [6, 6.07) is 0. The van der Waals surface area contributed by atoms with Crippen molar-refractivity contribution in [1.29, 1.82) is 0 Å². The number of carbonyl (C=O) groups is 2. The third-order valence-corrected chi connectivity index (χ3v) is 7.98. The van der Waals surface area contributed by atoms with Crippen molar-refractivity contribution < 1.29 is 9.59 Å². The van der Waals surface area contributed by atoms with Crippen molar-refractivity contribution in [3.63, 3.8) is 0 Å². The zero-order valence-corrected chi connectivity index (χ0v) is 27.2. The minimum absolute atomic E-state index is 0.0220. The van der Waals surface area contributed by atoms with Gasteiger partial charge in [-0.15, -0.1) is 11.3 Å². The predicted octanol–water partition coefficient (Wildman–Crippen LogP) is 8.59. The monoisotopic (exact) mass is 565 g/mol. The Labute approximate surface area is 247 Å². The summed E-state index contributed by atoms with van der Waals surface area (Å²) in [4.78, 5) is 31.7. The second-order valence-electron chi connectivity index (χ2n) is 11.5. The van der Waals surface area contributed by atoms with Crippen LogP contribution in [-0.2, 0) is 17.8 Å². The van der Waals surface area contributed by atoms with Crippen molar-refractivity contribution in [2.24, 2.45) is 22.1 Å². The van der Waals surface area contributed by atoms with E-state index in [1.54, 1.807) is 6.08 Å². The van der Waals surface area contributed by atoms with E-state index in [0.29, 0.717) is 31.0 Å². The number of nitrogens with two attached hydrogens (primary N) is 1. The van der Waals surface area contributed by atoms with E-state index in [4.69, 9.17) is 5.73 Å². The lowest BCUT2D eigenvalue weighted by Crippen LogP contribution is -2.36. The molecule has 0 bridgehead atoms. The molecule has 1 unspecified atom stereocenters. The van der Waals surface area contributed by atoms with Crippen molar-refractivity contribution in [2.75, 3.05) is 6.54 Å². The maximum atomic E-state index is 12.5. The van der Waals surface area contributed by atoms with Gasteiger partial charge in [0.2, 0.25) is 5.91 Å². The van der Waals surface area contributed by atoms with E-state index in [0.717, 1.165) is 22.4 Å². The van der Waals surface area contributed by atoms with Gasteiger partial charge in [-0.25, -0.2) is 0 Å². The van der Waals surface area contributed by atoms with Crippen molar-refractivity contribution in [3.05, 3.63) is 80.6 Å². The van der Waals surface area contributed by atoms with Crippen LogP contribution in [0.1, 0.15) is 103 Å². The van der Waals surface area contributed by atoms with Crippen molar-refractivity contribution in [1.82, 2.24) is 4.90 Å². The van der Waals surface area contributed by atoms with Gasteiger partial charge >= 0.3 is 0 Å². The molecule has 220 valence electrons. The Kier molecular flexibility index (Phi) is 14.9. The predicted molar refractivity (Wildman–Crippen MR) is 174 cm³/mol. The molecule has 0 aliphatic carbocycles. The number of amides is 2. The van der Waals surface area contributed by atoms with Gasteiger partial charge in [0.15, 0.2) is 0 Å². The molecule has 2 rings (SSSR count). The largest absolute Gasteiger partial charge is 0.384 e. The summed E-state index contributed by atoms with van der Waals surface area (Å²) >= 11 is 1.50. The number of rotatable bonds is 8. The first kappa shape index (κ1) is 35.0. The van der Waals surface area contributed by atoms with Crippen molar-refractivity contribution in [3.8, 4) is 0 Å². The molecule has 0 radical (unpaired) electrons. The van der Waals surface area contributed by atoms with Crippen LogP contribution in [0.4, 0.5) is 0 Å². The fraction of sp³-hybridized carbons (Fsp3) is 0.500. The van der Waals surface area contributed by atoms with Crippen LogP contribution in [0.25, 0.3) is 0 Å². The lowest BCUT2D eigenvalue weighted by Gasteiger charge is -2.27. The van der Waals surface area contributed by atoms with E-state index in [1.165, 1.54) is 28.9 Å². The lowest BCUT2D eigenvalue weighted by molar-refractivity contribution is -0.127. The molecule has 1 aromatic rings. The van der Waals surface area contributed by atoms with Crippen LogP contribution in [0.15, 0.2) is 69.6 Å². The summed E-state index contributed by atoms with van der Waals surface area (Å²) in [6.07, 6.45) is 17.2. The van der Waals surface area contributed by atoms with Gasteiger partial charge in [-0.3, -0.25) is 9.59 Å². The van der Waals surface area contributed by atoms with Crippen LogP contribution in [0.5, 0.6) is 0 Å². The fourth-order valence-electron chi connectivity index (χ4n) is 3.62. The number of hydrogen-bond acceptors (Lipinski definition) is 3. The molecule has 1 aliphatic rings. The number of nitrogens with zero attached hydrogens (tertiary/aromatic N) is 2. The molecule has 40 heavy (non-hydrogen) atoms. The van der Waals surface area contributed by atoms with Crippen LogP contribution < -0.4 is 5.73 Å². The average Bonchev–Trinajstić information content (AvgIpc) is 3.36. The summed E-state index contributed by atoms with van der Waals surface area (Å²) < 4.78 is 0. The third kappa shape index (κ3) is 12.0. The SMILES string of the molecule is C/C=C(\C)C(=O)N1CCc2c(C(=O)N=C(N)/C=C/C(C)(C)C)csc2C1.CCC(C)=C(C)/C=C\C=C/C(C)CC. The molecule has 2 amide bonds. The normalized spacial score (nSPS) is 16.2. The van der Waals surface area contributed by atoms with Gasteiger partial charge in [-0.05, 0) is 63.5 Å². The number of carbonyl (C=O) groups excluding carboxylic acids is 2. The number of hydrogen-bond donors (Lipinski definition) is 1. The highest BCUT2D eigenvalue weighted by Crippen LogP contribution is 2.30. The Morgan fingerprint density at radius 3 is 2.40 bits per heavy atom. The molecular formula is C34H51N3O2S. The highest BCUT2D eigenvalue weighted by molar-refractivity contribution is 7.10. The molecule has 1 aromatic heterocycles. The second-order valence-corrected chi connectivity index (χ2v) is 12.5. The minimum atomic E-state index is -0.317. The van der Waals surface area contributed by atoms with Crippen molar-refractivity contribution in [2.45, 2.75) is 95.0 Å². The molecule has 2 heterocycles. The number of aliphatic imine (C=N–C) groups is 1. The summed E-state index contributed by atoms with van der Waals surface area (Å²) in [5, 5.41) is 1.83. The van der Waals surface area contributed by atoms with E-state index in [-0.39, 0.29) is 23.1 Å². The maximum absolute atomic E-state index is 12.5. The maximum Gasteiger partial charge on any atom is 0.280 e. The molecule has 0 fully saturated rings. The van der Waals surface area contributed by atoms with Gasteiger partial charge in [0, 0.05) is 22.4 Å². The Balaban J connectivity index is 0.000000486. The first-order valence-corrected chi connectivity index (χ1v) is 15.2. The summed E-state index contributed by atoms with van der Waals surface area (Å²) in [5.41, 5.74) is 11.0. The Hall–Kier alpha value is -2.99. The topological polar surface area (TPSA) is 75.8 Å². The van der Waals surface area contributed by atoms with Crippen LogP contribution in [0, 0.1) is 11.3 Å². The highest BCUT2D eigenvalue weighted by Gasteiger charge is 2.26. The van der Waals surface area contributed by atoms with Gasteiger partial charge in [0.1, 0.15) is 5.84 Å². The molecular weight excluding hydrogens is 514 g/mol. The summed E-state index contributed by atoms with van der Waals surface area (Å²) in [6.45, 7) is 22.0. The Bertz CT molecular complexity index is 1190. The Morgan fingerprint density at radius 1 is 1.15 bits per heavy atom. The average molecular weight is 566 g/mol. The third-order valence-electron chi connectivity index (χ3n) is 6.96. The molecule has 1 aliphatic heterocycles. The van der Waals surface area contributed by atoms with E-state index >= 15 is 0 Å². The van der Waals surface area contributed by atoms with E-state index in [2.05, 4.69) is 84.7 Å². The summed E-state index contributed by atoms with van der Waals surface area (Å²) in [7, 11) is 0. The number of fused-ring (bicyclic) bond motifs is 1. The Morgan fingerprint density at radius 2 is 1.82 bits per heavy atom. The molecule has 5 nitrogen and oxygen atoms in total. The van der Waals surface area contributed by atoms with Crippen LogP contribution >= 0.6 is 11.3 Å². The molecule has 0 saturated heterocycles. The molecule has 2 N–H and O–H groups in total. The smallest absolute Gasteiger partial charge is 0.280 e. The number of allylic oxidation sites excluding steroid dienone is 8. The number of thiophene rings is 1. The van der Waals surface area contributed by atoms with Gasteiger partial charge in [0.05, 0.1) is 12.1 Å². The lowest BCUT2D eigenvalue weighted by atomic mass is 9.96. The molecule has 1 atom stereocenters. The van der Waals surface area contributed by atoms with Crippen LogP contribution in [-0.4, -0.2) is 29.1 Å². The quantitative estimate of drug-likeness (QED) is 0.148. The van der Waals surface area contributed by atoms with Gasteiger partial charge in [-0.2, -0.15) is 4.99 Å². The van der Waals surface area contributed by atoms with Crippen LogP contribution in [0.2, 0.25) is 0 Å². The van der Waals surface area contributed by atoms with Crippen molar-refractivity contribution >= 4 is 29.0 Å². The fourth-order valence-corrected chi connectivity index (χ4v) is 4.70. The standard InChI is InChI=1S/C20H27N3O2S.C14H24/c1-6-13(2)19(25)23-10-8-14-15(12-26-16(14)11-23)18(24)22-17(21)7-9-20(3,4)5;1-6-12(3)10-8-9-11-14(5)13(4)7-2/h6-7,9,12H,8,10-11H2,1-5H3,(H2,21,22,24);8-12H,6-7H2,1-5H3/b9-7+,13-6+;10-8-,11-9-,14-13?.